The molecule has 1 aromatic heterocycles. The van der Waals surface area contributed by atoms with E-state index in [1.54, 1.807) is 24.3 Å². The summed E-state index contributed by atoms with van der Waals surface area (Å²) in [4.78, 5) is 4.63. The average Bonchev–Trinajstić information content (AvgIpc) is 2.74. The maximum Gasteiger partial charge on any atom is 0.189 e. The van der Waals surface area contributed by atoms with Gasteiger partial charge in [0.2, 0.25) is 0 Å². The second kappa shape index (κ2) is 8.97. The highest BCUT2D eigenvalue weighted by Gasteiger charge is 2.47. The molecule has 0 bridgehead atoms. The van der Waals surface area contributed by atoms with E-state index in [1.807, 2.05) is 18.3 Å². The zero-order valence-corrected chi connectivity index (χ0v) is 17.6. The summed E-state index contributed by atoms with van der Waals surface area (Å²) in [5.74, 6) is 0.592. The fourth-order valence-corrected chi connectivity index (χ4v) is 5.51. The van der Waals surface area contributed by atoms with Gasteiger partial charge in [-0.2, -0.15) is 0 Å². The van der Waals surface area contributed by atoms with Gasteiger partial charge in [-0.3, -0.25) is 4.98 Å². The van der Waals surface area contributed by atoms with Crippen LogP contribution in [0.2, 0.25) is 0 Å². The van der Waals surface area contributed by atoms with Gasteiger partial charge in [-0.05, 0) is 49.6 Å². The van der Waals surface area contributed by atoms with Crippen molar-refractivity contribution in [2.24, 2.45) is 5.73 Å². The van der Waals surface area contributed by atoms with Crippen LogP contribution in [0.15, 0.2) is 59.8 Å². The van der Waals surface area contributed by atoms with Crippen molar-refractivity contribution in [3.8, 4) is 5.75 Å². The van der Waals surface area contributed by atoms with Crippen molar-refractivity contribution < 1.29 is 17.9 Å². The molecule has 0 aliphatic carbocycles. The topological polar surface area (TPSA) is 91.5 Å². The molecule has 0 atom stereocenters. The summed E-state index contributed by atoms with van der Waals surface area (Å²) in [5, 5.41) is 0. The summed E-state index contributed by atoms with van der Waals surface area (Å²) < 4.78 is 36.5. The molecule has 1 aromatic carbocycles. The van der Waals surface area contributed by atoms with Crippen LogP contribution in [0.3, 0.4) is 0 Å². The Hall–Kier alpha value is -2.38. The first-order valence-corrected chi connectivity index (χ1v) is 11.3. The quantitative estimate of drug-likeness (QED) is 0.709. The fourth-order valence-electron chi connectivity index (χ4n) is 3.52. The van der Waals surface area contributed by atoms with Crippen LogP contribution in [-0.4, -0.2) is 31.4 Å². The molecule has 0 unspecified atom stereocenters. The van der Waals surface area contributed by atoms with E-state index in [-0.39, 0.29) is 10.6 Å². The maximum absolute atomic E-state index is 13.3. The molecule has 7 heteroatoms. The highest BCUT2D eigenvalue weighted by Crippen LogP contribution is 2.38. The third kappa shape index (κ3) is 4.46. The summed E-state index contributed by atoms with van der Waals surface area (Å²) in [7, 11) is -3.69. The van der Waals surface area contributed by atoms with Crippen LogP contribution < -0.4 is 10.5 Å². The molecule has 6 nitrogen and oxygen atoms in total. The molecule has 29 heavy (non-hydrogen) atoms. The number of aromatic nitrogens is 1. The van der Waals surface area contributed by atoms with Crippen molar-refractivity contribution in [3.63, 3.8) is 0 Å². The lowest BCUT2D eigenvalue weighted by Crippen LogP contribution is -2.47. The molecule has 0 radical (unpaired) electrons. The van der Waals surface area contributed by atoms with Crippen LogP contribution in [0.5, 0.6) is 5.75 Å². The number of aryl methyl sites for hydroxylation is 1. The number of nitrogens with two attached hydrogens (primary N) is 1. The van der Waals surface area contributed by atoms with Gasteiger partial charge in [0.15, 0.2) is 9.84 Å². The number of sulfone groups is 1. The molecule has 1 fully saturated rings. The monoisotopic (exact) mass is 416 g/mol. The Balaban J connectivity index is 1.71. The molecular weight excluding hydrogens is 388 g/mol. The van der Waals surface area contributed by atoms with E-state index in [0.29, 0.717) is 38.4 Å². The lowest BCUT2D eigenvalue weighted by atomic mass is 9.96. The van der Waals surface area contributed by atoms with Crippen molar-refractivity contribution in [1.29, 1.82) is 0 Å². The van der Waals surface area contributed by atoms with Gasteiger partial charge in [0.05, 0.1) is 4.90 Å². The molecule has 2 aromatic rings. The maximum atomic E-state index is 13.3. The van der Waals surface area contributed by atoms with Crippen LogP contribution in [0, 0.1) is 0 Å². The van der Waals surface area contributed by atoms with Crippen LogP contribution in [0.25, 0.3) is 0 Å². The molecule has 2 heterocycles. The Morgan fingerprint density at radius 3 is 2.45 bits per heavy atom. The Bertz CT molecular complexity index is 932. The summed E-state index contributed by atoms with van der Waals surface area (Å²) in [6.07, 6.45) is 4.45. The summed E-state index contributed by atoms with van der Waals surface area (Å²) in [6.45, 7) is 6.94. The minimum Gasteiger partial charge on any atom is -0.489 e. The van der Waals surface area contributed by atoms with Crippen molar-refractivity contribution >= 4 is 9.84 Å². The Morgan fingerprint density at radius 1 is 1.21 bits per heavy atom. The number of pyridine rings is 1. The molecule has 2 N–H and O–H groups in total. The lowest BCUT2D eigenvalue weighted by molar-refractivity contribution is 0.0823. The molecule has 0 saturated carbocycles. The summed E-state index contributed by atoms with van der Waals surface area (Å²) >= 11 is 0. The van der Waals surface area contributed by atoms with E-state index in [9.17, 15) is 8.42 Å². The van der Waals surface area contributed by atoms with E-state index < -0.39 is 14.6 Å². The molecule has 156 valence electrons. The molecule has 0 amide bonds. The first-order chi connectivity index (χ1) is 13.9. The minimum atomic E-state index is -3.69. The van der Waals surface area contributed by atoms with Crippen LogP contribution in [0.1, 0.15) is 37.4 Å². The van der Waals surface area contributed by atoms with Crippen molar-refractivity contribution in [1.82, 2.24) is 4.98 Å². The summed E-state index contributed by atoms with van der Waals surface area (Å²) in [5.41, 5.74) is 8.13. The van der Waals surface area contributed by atoms with Crippen LogP contribution in [0.4, 0.5) is 0 Å². The van der Waals surface area contributed by atoms with E-state index in [2.05, 4.69) is 18.5 Å². The van der Waals surface area contributed by atoms with Gasteiger partial charge in [-0.15, -0.1) is 0 Å². The fraction of sp³-hybridized carbons (Fsp3) is 0.409. The molecular formula is C22H28N2O4S. The molecule has 0 spiro atoms. The standard InChI is InChI=1S/C22H28N2O4S/c1-3-4-19-6-5-18(15-24-19)16-28-20-7-9-21(10-8-20)29(25,26)22(17(2)23)11-13-27-14-12-22/h5-10,15H,2-4,11-14,16,23H2,1H3. The minimum absolute atomic E-state index is 0.167. The van der Waals surface area contributed by atoms with Crippen molar-refractivity contribution in [2.75, 3.05) is 13.2 Å². The lowest BCUT2D eigenvalue weighted by Gasteiger charge is -2.36. The van der Waals surface area contributed by atoms with Crippen molar-refractivity contribution in [2.45, 2.75) is 48.9 Å². The number of nitrogens with zero attached hydrogens (tertiary/aromatic N) is 1. The number of rotatable bonds is 8. The third-order valence-electron chi connectivity index (χ3n) is 5.33. The first kappa shape index (κ1) is 21.3. The molecule has 1 aliphatic heterocycles. The number of hydrogen-bond donors (Lipinski definition) is 1. The highest BCUT2D eigenvalue weighted by atomic mass is 32.2. The Kier molecular flexibility index (Phi) is 6.59. The zero-order valence-electron chi connectivity index (χ0n) is 16.8. The Labute approximate surface area is 172 Å². The van der Waals surface area contributed by atoms with Gasteiger partial charge in [-0.1, -0.05) is 26.0 Å². The SMILES string of the molecule is C=C(N)C1(S(=O)(=O)c2ccc(OCc3ccc(CCC)nc3)cc2)CCOCC1. The molecule has 1 saturated heterocycles. The smallest absolute Gasteiger partial charge is 0.189 e. The van der Waals surface area contributed by atoms with Gasteiger partial charge in [-0.25, -0.2) is 8.42 Å². The second-order valence-electron chi connectivity index (χ2n) is 7.30. The first-order valence-electron chi connectivity index (χ1n) is 9.83. The number of benzene rings is 1. The number of hydrogen-bond acceptors (Lipinski definition) is 6. The van der Waals surface area contributed by atoms with Gasteiger partial charge >= 0.3 is 0 Å². The molecule has 3 rings (SSSR count). The predicted molar refractivity (Wildman–Crippen MR) is 112 cm³/mol. The predicted octanol–water partition coefficient (Wildman–Crippen LogP) is 3.41. The van der Waals surface area contributed by atoms with Gasteiger partial charge < -0.3 is 15.2 Å². The van der Waals surface area contributed by atoms with E-state index in [1.165, 1.54) is 0 Å². The zero-order chi connectivity index (χ0) is 20.9. The van der Waals surface area contributed by atoms with E-state index in [4.69, 9.17) is 15.2 Å². The van der Waals surface area contributed by atoms with Gasteiger partial charge in [0.25, 0.3) is 0 Å². The summed E-state index contributed by atoms with van der Waals surface area (Å²) in [6, 6.07) is 10.5. The highest BCUT2D eigenvalue weighted by molar-refractivity contribution is 7.93. The van der Waals surface area contributed by atoms with Crippen LogP contribution in [-0.2, 0) is 27.6 Å². The van der Waals surface area contributed by atoms with Crippen LogP contribution >= 0.6 is 0 Å². The number of ether oxygens (including phenoxy) is 2. The van der Waals surface area contributed by atoms with E-state index >= 15 is 0 Å². The van der Waals surface area contributed by atoms with Gasteiger partial charge in [0.1, 0.15) is 17.1 Å². The van der Waals surface area contributed by atoms with Crippen molar-refractivity contribution in [3.05, 3.63) is 66.1 Å². The molecule has 1 aliphatic rings. The third-order valence-corrected chi connectivity index (χ3v) is 7.92. The largest absolute Gasteiger partial charge is 0.489 e. The Morgan fingerprint density at radius 2 is 1.90 bits per heavy atom. The normalized spacial score (nSPS) is 16.3. The second-order valence-corrected chi connectivity index (χ2v) is 9.56. The van der Waals surface area contributed by atoms with E-state index in [0.717, 1.165) is 24.1 Å². The van der Waals surface area contributed by atoms with Gasteiger partial charge in [0, 0.05) is 36.4 Å². The average molecular weight is 417 g/mol.